The van der Waals surface area contributed by atoms with Gasteiger partial charge in [-0.05, 0) is 89.9 Å². The van der Waals surface area contributed by atoms with Gasteiger partial charge in [0, 0.05) is 19.4 Å². The predicted molar refractivity (Wildman–Crippen MR) is 256 cm³/mol. The zero-order valence-corrected chi connectivity index (χ0v) is 38.2. The molecule has 0 aliphatic carbocycles. The number of esters is 2. The molecule has 0 rings (SSSR count). The lowest BCUT2D eigenvalue weighted by molar-refractivity contribution is -0.161. The number of allylic oxidation sites excluding steroid dienone is 24. The minimum atomic E-state index is -4.43. The fourth-order valence-corrected chi connectivity index (χ4v) is 5.72. The molecule has 0 fully saturated rings. The van der Waals surface area contributed by atoms with Crippen molar-refractivity contribution in [2.45, 2.75) is 136 Å². The Morgan fingerprint density at radius 1 is 0.508 bits per heavy atom. The van der Waals surface area contributed by atoms with E-state index in [-0.39, 0.29) is 32.6 Å². The van der Waals surface area contributed by atoms with E-state index in [0.717, 1.165) is 70.6 Å². The zero-order chi connectivity index (χ0) is 44.6. The van der Waals surface area contributed by atoms with Crippen molar-refractivity contribution in [3.8, 4) is 0 Å². The first-order valence-corrected chi connectivity index (χ1v) is 23.8. The van der Waals surface area contributed by atoms with Crippen LogP contribution >= 0.6 is 7.82 Å². The lowest BCUT2D eigenvalue weighted by Crippen LogP contribution is -2.29. The molecule has 61 heavy (non-hydrogen) atoms. The van der Waals surface area contributed by atoms with E-state index in [1.165, 1.54) is 19.3 Å². The van der Waals surface area contributed by atoms with Crippen LogP contribution in [0.3, 0.4) is 0 Å². The molecule has 3 N–H and O–H groups in total. The zero-order valence-electron chi connectivity index (χ0n) is 37.3. The van der Waals surface area contributed by atoms with Gasteiger partial charge in [0.1, 0.15) is 6.61 Å². The van der Waals surface area contributed by atoms with Crippen molar-refractivity contribution in [3.63, 3.8) is 0 Å². The summed E-state index contributed by atoms with van der Waals surface area (Å²) in [4.78, 5) is 34.8. The number of phosphoric ester groups is 1. The van der Waals surface area contributed by atoms with Crippen molar-refractivity contribution in [3.05, 3.63) is 146 Å². The van der Waals surface area contributed by atoms with Gasteiger partial charge in [-0.2, -0.15) is 0 Å². The third-order valence-electron chi connectivity index (χ3n) is 8.24. The van der Waals surface area contributed by atoms with Crippen LogP contribution in [0.2, 0.25) is 0 Å². The molecule has 0 heterocycles. The van der Waals surface area contributed by atoms with Crippen molar-refractivity contribution in [2.24, 2.45) is 5.73 Å². The summed E-state index contributed by atoms with van der Waals surface area (Å²) in [5.74, 6) is -1.04. The van der Waals surface area contributed by atoms with E-state index in [0.29, 0.717) is 12.8 Å². The normalized spacial score (nSPS) is 14.6. The molecule has 0 saturated heterocycles. The van der Waals surface area contributed by atoms with E-state index in [2.05, 4.69) is 135 Å². The summed E-state index contributed by atoms with van der Waals surface area (Å²) in [5.41, 5.74) is 5.34. The number of ether oxygens (including phenoxy) is 2. The second-order valence-corrected chi connectivity index (χ2v) is 15.3. The van der Waals surface area contributed by atoms with Crippen LogP contribution < -0.4 is 5.73 Å². The average molecular weight is 864 g/mol. The Labute approximate surface area is 369 Å². The molecule has 10 heteroatoms. The average Bonchev–Trinajstić information content (AvgIpc) is 3.25. The first-order valence-electron chi connectivity index (χ1n) is 22.3. The SMILES string of the molecule is CC/C=C\C/C=C\C/C=C\C/C=C\C/C=C\C/C=C\CCC(=O)OCC(COP(=O)(O)OCCN)OC(=O)CC/C=C\C/C=C\C/C=C\C/C=C\C/C=C\C/C=C\CCCC. The lowest BCUT2D eigenvalue weighted by atomic mass is 10.2. The summed E-state index contributed by atoms with van der Waals surface area (Å²) in [6.07, 6.45) is 64.8. The molecule has 0 radical (unpaired) electrons. The molecule has 9 nitrogen and oxygen atoms in total. The maximum atomic E-state index is 12.6. The number of carbonyl (C=O) groups excluding carboxylic acids is 2. The highest BCUT2D eigenvalue weighted by atomic mass is 31.2. The second-order valence-electron chi connectivity index (χ2n) is 13.8. The van der Waals surface area contributed by atoms with Gasteiger partial charge in [0.25, 0.3) is 0 Å². The Balaban J connectivity index is 4.43. The second kappa shape index (κ2) is 45.4. The summed E-state index contributed by atoms with van der Waals surface area (Å²) < 4.78 is 32.6. The Hall–Kier alpha value is -4.11. The number of rotatable bonds is 39. The monoisotopic (exact) mass is 864 g/mol. The minimum Gasteiger partial charge on any atom is -0.462 e. The molecule has 2 unspecified atom stereocenters. The Bertz CT molecular complexity index is 1490. The lowest BCUT2D eigenvalue weighted by Gasteiger charge is -2.19. The maximum Gasteiger partial charge on any atom is 0.472 e. The van der Waals surface area contributed by atoms with Crippen LogP contribution in [-0.4, -0.2) is 49.3 Å². The molecular weight excluding hydrogens is 786 g/mol. The van der Waals surface area contributed by atoms with Crippen molar-refractivity contribution < 1.29 is 37.6 Å². The first-order chi connectivity index (χ1) is 29.8. The quantitative estimate of drug-likeness (QED) is 0.0268. The first kappa shape index (κ1) is 56.9. The van der Waals surface area contributed by atoms with Gasteiger partial charge in [-0.3, -0.25) is 18.6 Å². The van der Waals surface area contributed by atoms with E-state index in [1.54, 1.807) is 0 Å². The van der Waals surface area contributed by atoms with Crippen LogP contribution in [0.4, 0.5) is 0 Å². The van der Waals surface area contributed by atoms with Gasteiger partial charge in [0.15, 0.2) is 6.10 Å². The Morgan fingerprint density at radius 2 is 0.869 bits per heavy atom. The van der Waals surface area contributed by atoms with Crippen molar-refractivity contribution in [1.29, 1.82) is 0 Å². The van der Waals surface area contributed by atoms with Crippen LogP contribution in [-0.2, 0) is 32.7 Å². The van der Waals surface area contributed by atoms with Gasteiger partial charge in [0.2, 0.25) is 0 Å². The molecule has 340 valence electrons. The molecule has 0 bridgehead atoms. The summed E-state index contributed by atoms with van der Waals surface area (Å²) in [6, 6.07) is 0. The highest BCUT2D eigenvalue weighted by Crippen LogP contribution is 2.43. The highest BCUT2D eigenvalue weighted by Gasteiger charge is 2.25. The molecular formula is C51H78NO8P. The van der Waals surface area contributed by atoms with Crippen LogP contribution in [0.15, 0.2) is 146 Å². The van der Waals surface area contributed by atoms with Gasteiger partial charge in [-0.1, -0.05) is 173 Å². The van der Waals surface area contributed by atoms with Crippen LogP contribution in [0, 0.1) is 0 Å². The largest absolute Gasteiger partial charge is 0.472 e. The van der Waals surface area contributed by atoms with E-state index in [1.807, 2.05) is 24.3 Å². The third-order valence-corrected chi connectivity index (χ3v) is 9.22. The molecule has 2 atom stereocenters. The number of hydrogen-bond donors (Lipinski definition) is 2. The molecule has 0 spiro atoms. The maximum absolute atomic E-state index is 12.6. The number of phosphoric acid groups is 1. The number of carbonyl (C=O) groups is 2. The van der Waals surface area contributed by atoms with E-state index < -0.39 is 32.5 Å². The molecule has 0 saturated carbocycles. The summed E-state index contributed by atoms with van der Waals surface area (Å²) in [5, 5.41) is 0. The van der Waals surface area contributed by atoms with Gasteiger partial charge in [-0.25, -0.2) is 4.57 Å². The van der Waals surface area contributed by atoms with Crippen molar-refractivity contribution in [2.75, 3.05) is 26.4 Å². The van der Waals surface area contributed by atoms with Crippen LogP contribution in [0.1, 0.15) is 129 Å². The van der Waals surface area contributed by atoms with Crippen molar-refractivity contribution in [1.82, 2.24) is 0 Å². The third kappa shape index (κ3) is 45.3. The molecule has 0 aromatic heterocycles. The fourth-order valence-electron chi connectivity index (χ4n) is 4.96. The minimum absolute atomic E-state index is 0.0232. The van der Waals surface area contributed by atoms with Gasteiger partial charge >= 0.3 is 19.8 Å². The molecule has 0 aliphatic rings. The Kier molecular flexibility index (Phi) is 42.4. The van der Waals surface area contributed by atoms with E-state index in [9.17, 15) is 19.0 Å². The Morgan fingerprint density at radius 3 is 1.25 bits per heavy atom. The summed E-state index contributed by atoms with van der Waals surface area (Å²) in [6.45, 7) is 3.36. The number of unbranched alkanes of at least 4 members (excludes halogenated alkanes) is 2. The van der Waals surface area contributed by atoms with Gasteiger partial charge in [-0.15, -0.1) is 0 Å². The summed E-state index contributed by atoms with van der Waals surface area (Å²) in [7, 11) is -4.43. The van der Waals surface area contributed by atoms with Gasteiger partial charge in [0.05, 0.1) is 13.2 Å². The molecule has 0 aliphatic heterocycles. The smallest absolute Gasteiger partial charge is 0.462 e. The predicted octanol–water partition coefficient (Wildman–Crippen LogP) is 13.3. The fraction of sp³-hybridized carbons (Fsp3) is 0.490. The van der Waals surface area contributed by atoms with Crippen molar-refractivity contribution >= 4 is 19.8 Å². The van der Waals surface area contributed by atoms with Gasteiger partial charge < -0.3 is 20.1 Å². The van der Waals surface area contributed by atoms with Crippen LogP contribution in [0.25, 0.3) is 0 Å². The molecule has 0 aromatic carbocycles. The topological polar surface area (TPSA) is 134 Å². The molecule has 0 aromatic rings. The number of nitrogens with two attached hydrogens (primary N) is 1. The standard InChI is InChI=1S/C51H78NO8P/c1-3-5-7-9-11-13-15-17-19-21-23-24-26-28-30-32-34-36-38-40-42-44-51(54)60-49(48-59-61(55,56)58-46-45-52)47-57-50(53)43-41-39-37-35-33-31-29-27-25-22-20-18-16-14-12-10-8-6-4-2/h6,8-9,11-12,14-15,17-18,20-21,23,25-28,31-34,37-40,49H,3-5,7,10,13,16,19,22,24,29-30,35-36,41-48,52H2,1-2H3,(H,55,56)/b8-6-,11-9-,14-12-,17-15-,20-18-,23-21-,27-25-,28-26-,33-31-,34-32-,39-37-,40-38-. The number of hydrogen-bond acceptors (Lipinski definition) is 8. The summed E-state index contributed by atoms with van der Waals surface area (Å²) >= 11 is 0. The van der Waals surface area contributed by atoms with E-state index in [4.69, 9.17) is 24.3 Å². The van der Waals surface area contributed by atoms with Crippen LogP contribution in [0.5, 0.6) is 0 Å². The molecule has 0 amide bonds. The van der Waals surface area contributed by atoms with E-state index >= 15 is 0 Å². The highest BCUT2D eigenvalue weighted by molar-refractivity contribution is 7.47.